The lowest BCUT2D eigenvalue weighted by Gasteiger charge is -2.15. The summed E-state index contributed by atoms with van der Waals surface area (Å²) in [6.07, 6.45) is 0.702. The molecule has 0 bridgehead atoms. The lowest BCUT2D eigenvalue weighted by atomic mass is 10.1. The Morgan fingerprint density at radius 1 is 1.33 bits per heavy atom. The van der Waals surface area contributed by atoms with Crippen LogP contribution in [0.5, 0.6) is 0 Å². The molecule has 2 aromatic heterocycles. The first-order valence-corrected chi connectivity index (χ1v) is 9.43. The number of aromatic nitrogens is 3. The van der Waals surface area contributed by atoms with E-state index in [1.165, 1.54) is 10.6 Å². The van der Waals surface area contributed by atoms with Gasteiger partial charge < -0.3 is 9.88 Å². The minimum Gasteiger partial charge on any atom is -0.377 e. The maximum Gasteiger partial charge on any atom is 0.423 e. The van der Waals surface area contributed by atoms with E-state index in [-0.39, 0.29) is 16.4 Å². The number of rotatable bonds is 5. The fourth-order valence-electron chi connectivity index (χ4n) is 2.88. The summed E-state index contributed by atoms with van der Waals surface area (Å²) in [7, 11) is 0. The fourth-order valence-corrected chi connectivity index (χ4v) is 3.24. The van der Waals surface area contributed by atoms with Crippen LogP contribution in [0, 0.1) is 5.82 Å². The van der Waals surface area contributed by atoms with E-state index >= 15 is 0 Å². The number of halogens is 5. The summed E-state index contributed by atoms with van der Waals surface area (Å²) in [6.45, 7) is 1.70. The molecule has 6 nitrogen and oxygen atoms in total. The number of aromatic amines is 1. The minimum absolute atomic E-state index is 0.123. The molecule has 1 unspecified atom stereocenters. The number of hydrogen-bond donors (Lipinski definition) is 2. The molecule has 1 aromatic carbocycles. The average Bonchev–Trinajstić information content (AvgIpc) is 2.64. The Morgan fingerprint density at radius 2 is 2.07 bits per heavy atom. The highest BCUT2D eigenvalue weighted by atomic mass is 79.9. The molecule has 0 saturated carbocycles. The van der Waals surface area contributed by atoms with Crippen molar-refractivity contribution in [1.82, 2.24) is 14.8 Å². The van der Waals surface area contributed by atoms with Crippen LogP contribution in [0.15, 0.2) is 56.8 Å². The molecule has 0 radical (unpaired) electrons. The summed E-state index contributed by atoms with van der Waals surface area (Å²) >= 11 is 3.07. The summed E-state index contributed by atoms with van der Waals surface area (Å²) in [5.74, 6) is -0.558. The van der Waals surface area contributed by atoms with E-state index < -0.39 is 40.4 Å². The molecule has 2 heterocycles. The monoisotopic (exact) mass is 486 g/mol. The Hall–Kier alpha value is -2.95. The van der Waals surface area contributed by atoms with E-state index in [9.17, 15) is 27.2 Å². The third kappa shape index (κ3) is 4.61. The Morgan fingerprint density at radius 3 is 2.77 bits per heavy atom. The second-order valence-corrected chi connectivity index (χ2v) is 7.33. The molecule has 11 heteroatoms. The Balaban J connectivity index is 1.78. The lowest BCUT2D eigenvalue weighted by molar-refractivity contribution is -0.138. The molecule has 0 fully saturated rings. The zero-order valence-electron chi connectivity index (χ0n) is 15.4. The van der Waals surface area contributed by atoms with Crippen LogP contribution in [-0.4, -0.2) is 20.8 Å². The first-order valence-electron chi connectivity index (χ1n) is 8.64. The minimum atomic E-state index is -4.84. The van der Waals surface area contributed by atoms with Crippen LogP contribution in [0.4, 0.5) is 23.2 Å². The number of anilines is 1. The standard InChI is InChI=1S/C19H15BrF4N4O2/c1-10(26-15-9-25-27-17(29)16(15)19(22,23)24)3-2-5-28-6-4-11-7-13(20)14(21)8-12(11)18(28)30/h2-4,6-10H,5H2,1H3,(H2,26,27,29)/b3-2+. The predicted molar refractivity (Wildman–Crippen MR) is 108 cm³/mol. The summed E-state index contributed by atoms with van der Waals surface area (Å²) in [6, 6.07) is 3.71. The number of benzene rings is 1. The highest BCUT2D eigenvalue weighted by Gasteiger charge is 2.37. The molecule has 30 heavy (non-hydrogen) atoms. The van der Waals surface area contributed by atoms with Crippen LogP contribution in [0.2, 0.25) is 0 Å². The molecule has 3 rings (SSSR count). The van der Waals surface area contributed by atoms with E-state index in [4.69, 9.17) is 0 Å². The molecular weight excluding hydrogens is 472 g/mol. The lowest BCUT2D eigenvalue weighted by Crippen LogP contribution is -2.26. The smallest absolute Gasteiger partial charge is 0.377 e. The van der Waals surface area contributed by atoms with Crippen molar-refractivity contribution in [3.05, 3.63) is 79.3 Å². The van der Waals surface area contributed by atoms with E-state index in [1.807, 2.05) is 0 Å². The average molecular weight is 487 g/mol. The van der Waals surface area contributed by atoms with Crippen molar-refractivity contribution < 1.29 is 17.6 Å². The second kappa shape index (κ2) is 8.42. The van der Waals surface area contributed by atoms with Crippen LogP contribution in [0.25, 0.3) is 10.8 Å². The van der Waals surface area contributed by atoms with Crippen LogP contribution in [-0.2, 0) is 12.7 Å². The Kier molecular flexibility index (Phi) is 6.11. The molecule has 0 saturated heterocycles. The van der Waals surface area contributed by atoms with Gasteiger partial charge in [-0.15, -0.1) is 0 Å². The van der Waals surface area contributed by atoms with Gasteiger partial charge in [-0.25, -0.2) is 9.49 Å². The molecule has 0 aliphatic heterocycles. The van der Waals surface area contributed by atoms with Crippen molar-refractivity contribution >= 4 is 32.4 Å². The molecule has 1 atom stereocenters. The number of nitrogens with one attached hydrogen (secondary N) is 2. The third-order valence-corrected chi connectivity index (χ3v) is 4.88. The van der Waals surface area contributed by atoms with Gasteiger partial charge in [0, 0.05) is 18.8 Å². The van der Waals surface area contributed by atoms with E-state index in [0.717, 1.165) is 12.3 Å². The summed E-state index contributed by atoms with van der Waals surface area (Å²) in [5.41, 5.74) is -3.56. The van der Waals surface area contributed by atoms with E-state index in [1.54, 1.807) is 36.4 Å². The summed E-state index contributed by atoms with van der Waals surface area (Å²) in [4.78, 5) is 24.0. The molecule has 158 valence electrons. The van der Waals surface area contributed by atoms with Crippen LogP contribution in [0.1, 0.15) is 12.5 Å². The van der Waals surface area contributed by atoms with Crippen LogP contribution >= 0.6 is 15.9 Å². The predicted octanol–water partition coefficient (Wildman–Crippen LogP) is 4.06. The Labute approximate surface area is 175 Å². The maximum atomic E-state index is 13.7. The van der Waals surface area contributed by atoms with Crippen molar-refractivity contribution in [2.24, 2.45) is 0 Å². The van der Waals surface area contributed by atoms with E-state index in [2.05, 4.69) is 26.3 Å². The molecule has 0 spiro atoms. The molecule has 0 aliphatic rings. The van der Waals surface area contributed by atoms with Crippen molar-refractivity contribution in [3.63, 3.8) is 0 Å². The second-order valence-electron chi connectivity index (χ2n) is 6.47. The van der Waals surface area contributed by atoms with Gasteiger partial charge in [0.25, 0.3) is 11.1 Å². The first-order chi connectivity index (χ1) is 14.1. The van der Waals surface area contributed by atoms with E-state index in [0.29, 0.717) is 5.39 Å². The van der Waals surface area contributed by atoms with Crippen molar-refractivity contribution in [1.29, 1.82) is 0 Å². The number of allylic oxidation sites excluding steroid dienone is 1. The van der Waals surface area contributed by atoms with Gasteiger partial charge in [-0.05, 0) is 46.4 Å². The summed E-state index contributed by atoms with van der Waals surface area (Å²) < 4.78 is 54.6. The first kappa shape index (κ1) is 21.8. The quantitative estimate of drug-likeness (QED) is 0.421. The summed E-state index contributed by atoms with van der Waals surface area (Å²) in [5, 5.41) is 8.51. The normalized spacial score (nSPS) is 13.1. The van der Waals surface area contributed by atoms with Gasteiger partial charge in [-0.2, -0.15) is 18.3 Å². The number of nitrogens with zero attached hydrogens (tertiary/aromatic N) is 2. The van der Waals surface area contributed by atoms with Gasteiger partial charge in [0.05, 0.1) is 21.7 Å². The zero-order chi connectivity index (χ0) is 22.1. The molecule has 3 aromatic rings. The largest absolute Gasteiger partial charge is 0.423 e. The van der Waals surface area contributed by atoms with Gasteiger partial charge in [-0.1, -0.05) is 12.2 Å². The number of H-pyrrole nitrogens is 1. The number of pyridine rings is 1. The topological polar surface area (TPSA) is 79.8 Å². The Bertz CT molecular complexity index is 1230. The highest BCUT2D eigenvalue weighted by molar-refractivity contribution is 9.10. The van der Waals surface area contributed by atoms with Gasteiger partial charge in [-0.3, -0.25) is 9.59 Å². The van der Waals surface area contributed by atoms with Crippen molar-refractivity contribution in [2.75, 3.05) is 5.32 Å². The number of fused-ring (bicyclic) bond motifs is 1. The molecule has 0 aliphatic carbocycles. The SMILES string of the molecule is CC(/C=C/Cn1ccc2cc(Br)c(F)cc2c1=O)Nc1cn[nH]c(=O)c1C(F)(F)F. The third-order valence-electron chi connectivity index (χ3n) is 4.27. The molecule has 2 N–H and O–H groups in total. The van der Waals surface area contributed by atoms with Crippen molar-refractivity contribution in [3.8, 4) is 0 Å². The van der Waals surface area contributed by atoms with Gasteiger partial charge in [0.2, 0.25) is 0 Å². The fraction of sp³-hybridized carbons (Fsp3) is 0.211. The zero-order valence-corrected chi connectivity index (χ0v) is 17.0. The van der Waals surface area contributed by atoms with Crippen molar-refractivity contribution in [2.45, 2.75) is 25.7 Å². The number of hydrogen-bond acceptors (Lipinski definition) is 4. The highest BCUT2D eigenvalue weighted by Crippen LogP contribution is 2.31. The number of alkyl halides is 3. The van der Waals surface area contributed by atoms with Gasteiger partial charge in [0.15, 0.2) is 0 Å². The van der Waals surface area contributed by atoms with Crippen LogP contribution < -0.4 is 16.4 Å². The van der Waals surface area contributed by atoms with Crippen LogP contribution in [0.3, 0.4) is 0 Å². The molecular formula is C19H15BrF4N4O2. The van der Waals surface area contributed by atoms with Gasteiger partial charge >= 0.3 is 6.18 Å². The maximum absolute atomic E-state index is 13.7. The van der Waals surface area contributed by atoms with Gasteiger partial charge in [0.1, 0.15) is 11.4 Å². The molecule has 0 amide bonds.